The molecule has 3 N–H and O–H groups in total. The Hall–Kier alpha value is -1.42. The quantitative estimate of drug-likeness (QED) is 0.822. The molecule has 1 saturated heterocycles. The Morgan fingerprint density at radius 2 is 2.20 bits per heavy atom. The Bertz CT molecular complexity index is 866. The molecule has 2 aromatic heterocycles. The van der Waals surface area contributed by atoms with Crippen molar-refractivity contribution in [1.82, 2.24) is 19.1 Å². The smallest absolute Gasteiger partial charge is 0.172 e. The highest BCUT2D eigenvalue weighted by molar-refractivity contribution is 7.89. The van der Waals surface area contributed by atoms with E-state index in [0.717, 1.165) is 42.7 Å². The molecule has 3 rings (SSSR count). The van der Waals surface area contributed by atoms with E-state index in [1.54, 1.807) is 15.2 Å². The second-order valence-corrected chi connectivity index (χ2v) is 8.45. The molecule has 2 aromatic rings. The van der Waals surface area contributed by atoms with Crippen LogP contribution < -0.4 is 10.5 Å². The molecule has 0 saturated carbocycles. The van der Waals surface area contributed by atoms with Gasteiger partial charge in [0.15, 0.2) is 20.9 Å². The summed E-state index contributed by atoms with van der Waals surface area (Å²) in [5, 5.41) is 14.9. The molecule has 1 unspecified atom stereocenters. The minimum atomic E-state index is -2.70. The molecular weight excluding hydrogens is 362 g/mol. The minimum absolute atomic E-state index is 0.467. The lowest BCUT2D eigenvalue weighted by atomic mass is 9.98. The second kappa shape index (κ2) is 7.45. The molecule has 0 spiro atoms. The lowest BCUT2D eigenvalue weighted by molar-refractivity contribution is 0.290. The van der Waals surface area contributed by atoms with Crippen molar-refractivity contribution in [3.8, 4) is 0 Å². The summed E-state index contributed by atoms with van der Waals surface area (Å²) >= 11 is 6.29. The number of rotatable bonds is 5. The van der Waals surface area contributed by atoms with Crippen LogP contribution in [0.4, 0.5) is 5.69 Å². The van der Waals surface area contributed by atoms with E-state index in [-0.39, 0.29) is 0 Å². The fourth-order valence-corrected chi connectivity index (χ4v) is 4.41. The summed E-state index contributed by atoms with van der Waals surface area (Å²) in [5.41, 5.74) is 1.74. The number of hydrogen-bond acceptors (Lipinski definition) is 5. The van der Waals surface area contributed by atoms with E-state index in [1.165, 1.54) is 7.05 Å². The maximum absolute atomic E-state index is 12.1. The first-order valence-corrected chi connectivity index (χ1v) is 10.3. The summed E-state index contributed by atoms with van der Waals surface area (Å²) in [6.45, 7) is 4.93. The first-order chi connectivity index (χ1) is 12.0. The Kier molecular flexibility index (Phi) is 5.47. The van der Waals surface area contributed by atoms with Crippen LogP contribution >= 0.6 is 11.6 Å². The fraction of sp³-hybridized carbons (Fsp3) is 0.600. The number of nitrogens with zero attached hydrogens (tertiary/aromatic N) is 5. The molecule has 0 aliphatic carbocycles. The molecule has 0 amide bonds. The molecule has 1 fully saturated rings. The topological polar surface area (TPSA) is 101 Å². The predicted octanol–water partition coefficient (Wildman–Crippen LogP) is 2.12. The van der Waals surface area contributed by atoms with E-state index >= 15 is 0 Å². The first kappa shape index (κ1) is 18.4. The van der Waals surface area contributed by atoms with Crippen LogP contribution in [0.5, 0.6) is 0 Å². The normalized spacial score (nSPS) is 19.0. The maximum atomic E-state index is 12.1. The zero-order valence-electron chi connectivity index (χ0n) is 14.5. The van der Waals surface area contributed by atoms with Gasteiger partial charge in [-0.3, -0.25) is 0 Å². The maximum Gasteiger partial charge on any atom is 0.172 e. The third-order valence-corrected chi connectivity index (χ3v) is 6.57. The van der Waals surface area contributed by atoms with Crippen molar-refractivity contribution in [2.75, 3.05) is 32.0 Å². The highest BCUT2D eigenvalue weighted by Crippen LogP contribution is 2.29. The number of nitrogens with one attached hydrogen (secondary N) is 1. The van der Waals surface area contributed by atoms with Gasteiger partial charge >= 0.3 is 0 Å². The summed E-state index contributed by atoms with van der Waals surface area (Å²) in [5.74, 6) is 0.478. The van der Waals surface area contributed by atoms with Gasteiger partial charge in [-0.25, -0.2) is 27.7 Å². The molecule has 8 nitrogen and oxygen atoms in total. The fourth-order valence-electron chi connectivity index (χ4n) is 3.17. The standard InChI is InChI=1S/C15H24ClN7OS/c1-3-23-15-13(14(16)21-23)12(4-7-19-15)20-10-11-5-8-22(9-6-11)25(17,24)18-2/h4,7,11H,3,5-6,8-10H2,1-2H3,(H,19,20)(H2,17,18,24). The van der Waals surface area contributed by atoms with Gasteiger partial charge in [0.2, 0.25) is 0 Å². The van der Waals surface area contributed by atoms with Gasteiger partial charge in [0.25, 0.3) is 0 Å². The number of halogens is 1. The van der Waals surface area contributed by atoms with Crippen LogP contribution in [0.15, 0.2) is 16.6 Å². The van der Waals surface area contributed by atoms with Crippen molar-refractivity contribution in [2.24, 2.45) is 15.4 Å². The van der Waals surface area contributed by atoms with Gasteiger partial charge in [0, 0.05) is 45.1 Å². The molecular formula is C15H24ClN7OS. The lowest BCUT2D eigenvalue weighted by Gasteiger charge is -2.31. The molecule has 1 atom stereocenters. The van der Waals surface area contributed by atoms with Gasteiger partial charge in [-0.15, -0.1) is 0 Å². The number of piperidine rings is 1. The third kappa shape index (κ3) is 3.74. The number of anilines is 1. The number of hydrogen-bond donors (Lipinski definition) is 2. The molecule has 0 bridgehead atoms. The van der Waals surface area contributed by atoms with Crippen molar-refractivity contribution in [2.45, 2.75) is 26.3 Å². The van der Waals surface area contributed by atoms with E-state index in [0.29, 0.717) is 24.2 Å². The highest BCUT2D eigenvalue weighted by Gasteiger charge is 2.24. The van der Waals surface area contributed by atoms with Crippen LogP contribution in [0.25, 0.3) is 11.0 Å². The van der Waals surface area contributed by atoms with Gasteiger partial charge in [-0.05, 0) is 31.7 Å². The largest absolute Gasteiger partial charge is 0.384 e. The zero-order chi connectivity index (χ0) is 18.0. The minimum Gasteiger partial charge on any atom is -0.384 e. The van der Waals surface area contributed by atoms with Crippen LogP contribution in [-0.2, 0) is 16.6 Å². The predicted molar refractivity (Wildman–Crippen MR) is 102 cm³/mol. The van der Waals surface area contributed by atoms with Gasteiger partial charge in [0.1, 0.15) is 0 Å². The Balaban J connectivity index is 1.67. The number of nitrogens with two attached hydrogens (primary N) is 1. The SMILES string of the molecule is CCn1nc(Cl)c2c(NCC3CCN(S(N)(=O)=NC)CC3)ccnc21. The van der Waals surface area contributed by atoms with Crippen LogP contribution in [0.1, 0.15) is 19.8 Å². The molecule has 25 heavy (non-hydrogen) atoms. The molecule has 138 valence electrons. The molecule has 10 heteroatoms. The van der Waals surface area contributed by atoms with Crippen LogP contribution in [0.3, 0.4) is 0 Å². The zero-order valence-corrected chi connectivity index (χ0v) is 16.1. The molecule has 3 heterocycles. The van der Waals surface area contributed by atoms with Crippen LogP contribution in [0, 0.1) is 5.92 Å². The average Bonchev–Trinajstić information content (AvgIpc) is 2.97. The Morgan fingerprint density at radius 1 is 1.48 bits per heavy atom. The number of aromatic nitrogens is 3. The monoisotopic (exact) mass is 385 g/mol. The second-order valence-electron chi connectivity index (χ2n) is 6.14. The summed E-state index contributed by atoms with van der Waals surface area (Å²) in [6.07, 6.45) is 3.61. The van der Waals surface area contributed by atoms with Gasteiger partial charge < -0.3 is 5.32 Å². The van der Waals surface area contributed by atoms with Crippen molar-refractivity contribution in [3.63, 3.8) is 0 Å². The number of aryl methyl sites for hydroxylation is 1. The highest BCUT2D eigenvalue weighted by atomic mass is 35.5. The Morgan fingerprint density at radius 3 is 2.84 bits per heavy atom. The van der Waals surface area contributed by atoms with Gasteiger partial charge in [-0.1, -0.05) is 11.6 Å². The van der Waals surface area contributed by atoms with Crippen molar-refractivity contribution in [3.05, 3.63) is 17.4 Å². The van der Waals surface area contributed by atoms with E-state index in [1.807, 2.05) is 13.0 Å². The van der Waals surface area contributed by atoms with Crippen molar-refractivity contribution in [1.29, 1.82) is 0 Å². The number of pyridine rings is 1. The molecule has 1 aliphatic heterocycles. The molecule has 0 radical (unpaired) electrons. The van der Waals surface area contributed by atoms with Crippen molar-refractivity contribution < 1.29 is 4.21 Å². The Labute approximate surface area is 153 Å². The van der Waals surface area contributed by atoms with Crippen LogP contribution in [0.2, 0.25) is 5.15 Å². The van der Waals surface area contributed by atoms with Crippen molar-refractivity contribution >= 4 is 38.4 Å². The summed E-state index contributed by atoms with van der Waals surface area (Å²) < 4.78 is 19.5. The van der Waals surface area contributed by atoms with Crippen LogP contribution in [-0.4, -0.2) is 50.0 Å². The lowest BCUT2D eigenvalue weighted by Crippen LogP contribution is -2.43. The molecule has 1 aliphatic rings. The van der Waals surface area contributed by atoms with E-state index in [9.17, 15) is 4.21 Å². The van der Waals surface area contributed by atoms with Gasteiger partial charge in [-0.2, -0.15) is 5.10 Å². The average molecular weight is 386 g/mol. The van der Waals surface area contributed by atoms with E-state index < -0.39 is 10.1 Å². The van der Waals surface area contributed by atoms with E-state index in [2.05, 4.69) is 19.8 Å². The number of fused-ring (bicyclic) bond motifs is 1. The van der Waals surface area contributed by atoms with E-state index in [4.69, 9.17) is 16.7 Å². The molecule has 0 aromatic carbocycles. The first-order valence-electron chi connectivity index (χ1n) is 8.39. The third-order valence-electron chi connectivity index (χ3n) is 4.68. The summed E-state index contributed by atoms with van der Waals surface area (Å²) in [6, 6.07) is 1.92. The summed E-state index contributed by atoms with van der Waals surface area (Å²) in [7, 11) is -1.19. The summed E-state index contributed by atoms with van der Waals surface area (Å²) in [4.78, 5) is 4.39. The van der Waals surface area contributed by atoms with Gasteiger partial charge in [0.05, 0.1) is 5.39 Å².